The Bertz CT molecular complexity index is 574. The zero-order valence-electron chi connectivity index (χ0n) is 11.8. The van der Waals surface area contributed by atoms with Crippen molar-refractivity contribution in [1.29, 1.82) is 0 Å². The van der Waals surface area contributed by atoms with Gasteiger partial charge in [-0.3, -0.25) is 4.90 Å². The van der Waals surface area contributed by atoms with Gasteiger partial charge in [-0.1, -0.05) is 0 Å². The molecule has 0 radical (unpaired) electrons. The molecule has 1 fully saturated rings. The summed E-state index contributed by atoms with van der Waals surface area (Å²) < 4.78 is 50.1. The van der Waals surface area contributed by atoms with Crippen molar-refractivity contribution < 1.29 is 22.3 Å². The van der Waals surface area contributed by atoms with Crippen molar-refractivity contribution >= 4 is 10.0 Å². The van der Waals surface area contributed by atoms with Gasteiger partial charge in [-0.2, -0.15) is 0 Å². The molecule has 0 aromatic heterocycles. The predicted octanol–water partition coefficient (Wildman–Crippen LogP) is 0.445. The van der Waals surface area contributed by atoms with Gasteiger partial charge in [-0.25, -0.2) is 17.5 Å². The van der Waals surface area contributed by atoms with Crippen LogP contribution in [0.15, 0.2) is 23.1 Å². The van der Waals surface area contributed by atoms with Gasteiger partial charge in [0, 0.05) is 26.2 Å². The third-order valence-electron chi connectivity index (χ3n) is 3.26. The molecule has 1 aromatic rings. The first-order valence-corrected chi connectivity index (χ1v) is 8.14. The minimum atomic E-state index is -3.71. The maximum absolute atomic E-state index is 13.6. The van der Waals surface area contributed by atoms with E-state index >= 15 is 0 Å². The maximum Gasteiger partial charge on any atom is 0.240 e. The molecule has 2 rings (SSSR count). The van der Waals surface area contributed by atoms with E-state index in [0.717, 1.165) is 19.2 Å². The predicted molar refractivity (Wildman–Crippen MR) is 75.4 cm³/mol. The summed E-state index contributed by atoms with van der Waals surface area (Å²) in [6, 6.07) is 3.57. The van der Waals surface area contributed by atoms with Crippen molar-refractivity contribution in [2.24, 2.45) is 0 Å². The molecule has 0 saturated carbocycles. The van der Waals surface area contributed by atoms with Gasteiger partial charge in [-0.05, 0) is 18.2 Å². The zero-order valence-corrected chi connectivity index (χ0v) is 12.7. The third kappa shape index (κ3) is 4.37. The summed E-state index contributed by atoms with van der Waals surface area (Å²) in [5.41, 5.74) is 0. The fourth-order valence-electron chi connectivity index (χ4n) is 2.06. The molecule has 0 bridgehead atoms. The van der Waals surface area contributed by atoms with Crippen LogP contribution in [-0.2, 0) is 14.8 Å². The minimum absolute atomic E-state index is 0.0160. The van der Waals surface area contributed by atoms with Crippen LogP contribution in [0.5, 0.6) is 5.75 Å². The first-order chi connectivity index (χ1) is 10.0. The Balaban J connectivity index is 1.93. The zero-order chi connectivity index (χ0) is 15.3. The number of methoxy groups -OCH3 is 1. The van der Waals surface area contributed by atoms with Crippen molar-refractivity contribution in [2.45, 2.75) is 4.90 Å². The molecule has 0 spiro atoms. The van der Waals surface area contributed by atoms with Gasteiger partial charge < -0.3 is 9.47 Å². The Morgan fingerprint density at radius 2 is 2.10 bits per heavy atom. The molecule has 0 aliphatic carbocycles. The molecule has 8 heteroatoms. The second-order valence-corrected chi connectivity index (χ2v) is 6.42. The van der Waals surface area contributed by atoms with E-state index in [1.165, 1.54) is 19.2 Å². The molecular formula is C13H19FN2O4S. The number of nitrogens with zero attached hydrogens (tertiary/aromatic N) is 1. The summed E-state index contributed by atoms with van der Waals surface area (Å²) in [5, 5.41) is 0. The van der Waals surface area contributed by atoms with E-state index in [9.17, 15) is 12.8 Å². The molecule has 1 aliphatic heterocycles. The average Bonchev–Trinajstić information content (AvgIpc) is 2.48. The Hall–Kier alpha value is -1.22. The number of sulfonamides is 1. The summed E-state index contributed by atoms with van der Waals surface area (Å²) in [4.78, 5) is 2.00. The maximum atomic E-state index is 13.6. The van der Waals surface area contributed by atoms with Gasteiger partial charge in [-0.15, -0.1) is 0 Å². The minimum Gasteiger partial charge on any atom is -0.494 e. The van der Waals surface area contributed by atoms with E-state index in [4.69, 9.17) is 9.47 Å². The molecular weight excluding hydrogens is 299 g/mol. The van der Waals surface area contributed by atoms with E-state index in [0.29, 0.717) is 19.8 Å². The Labute approximate surface area is 123 Å². The first kappa shape index (κ1) is 16.2. The van der Waals surface area contributed by atoms with Crippen LogP contribution in [0.3, 0.4) is 0 Å². The Morgan fingerprint density at radius 3 is 2.71 bits per heavy atom. The monoisotopic (exact) mass is 318 g/mol. The highest BCUT2D eigenvalue weighted by Crippen LogP contribution is 2.20. The molecule has 1 saturated heterocycles. The summed E-state index contributed by atoms with van der Waals surface area (Å²) in [7, 11) is -2.39. The van der Waals surface area contributed by atoms with Crippen LogP contribution in [0, 0.1) is 5.82 Å². The Morgan fingerprint density at radius 1 is 1.38 bits per heavy atom. The third-order valence-corrected chi connectivity index (χ3v) is 4.72. The lowest BCUT2D eigenvalue weighted by molar-refractivity contribution is 0.0390. The van der Waals surface area contributed by atoms with Crippen molar-refractivity contribution in [3.05, 3.63) is 24.0 Å². The summed E-state index contributed by atoms with van der Waals surface area (Å²) in [6.45, 7) is 3.78. The fourth-order valence-corrected chi connectivity index (χ4v) is 3.09. The number of rotatable bonds is 6. The van der Waals surface area contributed by atoms with Crippen molar-refractivity contribution in [1.82, 2.24) is 9.62 Å². The van der Waals surface area contributed by atoms with Gasteiger partial charge in [0.15, 0.2) is 11.6 Å². The average molecular weight is 318 g/mol. The van der Waals surface area contributed by atoms with Crippen LogP contribution in [-0.4, -0.2) is 59.8 Å². The van der Waals surface area contributed by atoms with Crippen molar-refractivity contribution in [3.63, 3.8) is 0 Å². The molecule has 0 unspecified atom stereocenters. The summed E-state index contributed by atoms with van der Waals surface area (Å²) in [6.07, 6.45) is 0. The second kappa shape index (κ2) is 7.17. The molecule has 0 amide bonds. The van der Waals surface area contributed by atoms with Crippen LogP contribution < -0.4 is 9.46 Å². The number of hydrogen-bond donors (Lipinski definition) is 1. The van der Waals surface area contributed by atoms with E-state index in [1.54, 1.807) is 0 Å². The molecule has 1 N–H and O–H groups in total. The molecule has 1 aliphatic rings. The molecule has 6 nitrogen and oxygen atoms in total. The highest BCUT2D eigenvalue weighted by Gasteiger charge is 2.17. The second-order valence-electron chi connectivity index (χ2n) is 4.65. The van der Waals surface area contributed by atoms with E-state index in [-0.39, 0.29) is 17.2 Å². The van der Waals surface area contributed by atoms with Crippen LogP contribution in [0.4, 0.5) is 4.39 Å². The van der Waals surface area contributed by atoms with Gasteiger partial charge in [0.2, 0.25) is 10.0 Å². The molecule has 1 heterocycles. The molecule has 118 valence electrons. The number of nitrogens with one attached hydrogen (secondary N) is 1. The lowest BCUT2D eigenvalue weighted by Crippen LogP contribution is -2.41. The van der Waals surface area contributed by atoms with Crippen LogP contribution in [0.25, 0.3) is 0 Å². The largest absolute Gasteiger partial charge is 0.494 e. The molecule has 1 aromatic carbocycles. The lowest BCUT2D eigenvalue weighted by atomic mass is 10.3. The van der Waals surface area contributed by atoms with Crippen LogP contribution >= 0.6 is 0 Å². The van der Waals surface area contributed by atoms with Crippen LogP contribution in [0.1, 0.15) is 0 Å². The number of hydrogen-bond acceptors (Lipinski definition) is 5. The molecule has 0 atom stereocenters. The first-order valence-electron chi connectivity index (χ1n) is 6.66. The van der Waals surface area contributed by atoms with Gasteiger partial charge in [0.1, 0.15) is 0 Å². The van der Waals surface area contributed by atoms with E-state index in [2.05, 4.69) is 9.62 Å². The highest BCUT2D eigenvalue weighted by molar-refractivity contribution is 7.89. The summed E-state index contributed by atoms with van der Waals surface area (Å²) >= 11 is 0. The number of ether oxygens (including phenoxy) is 2. The van der Waals surface area contributed by atoms with Gasteiger partial charge in [0.05, 0.1) is 25.2 Å². The SMILES string of the molecule is COc1ccc(S(=O)(=O)NCCN2CCOCC2)cc1F. The Kier molecular flexibility index (Phi) is 5.51. The quantitative estimate of drug-likeness (QED) is 0.824. The number of halogens is 1. The van der Waals surface area contributed by atoms with Crippen LogP contribution in [0.2, 0.25) is 0 Å². The summed E-state index contributed by atoms with van der Waals surface area (Å²) in [5.74, 6) is -0.684. The van der Waals surface area contributed by atoms with Crippen molar-refractivity contribution in [2.75, 3.05) is 46.5 Å². The highest BCUT2D eigenvalue weighted by atomic mass is 32.2. The topological polar surface area (TPSA) is 67.9 Å². The lowest BCUT2D eigenvalue weighted by Gasteiger charge is -2.26. The van der Waals surface area contributed by atoms with Gasteiger partial charge in [0.25, 0.3) is 0 Å². The van der Waals surface area contributed by atoms with Crippen molar-refractivity contribution in [3.8, 4) is 5.75 Å². The van der Waals surface area contributed by atoms with E-state index < -0.39 is 15.8 Å². The fraction of sp³-hybridized carbons (Fsp3) is 0.538. The standard InChI is InChI=1S/C13H19FN2O4S/c1-19-13-3-2-11(10-12(13)14)21(17,18)15-4-5-16-6-8-20-9-7-16/h2-3,10,15H,4-9H2,1H3. The number of benzene rings is 1. The van der Waals surface area contributed by atoms with Gasteiger partial charge >= 0.3 is 0 Å². The smallest absolute Gasteiger partial charge is 0.240 e. The molecule has 21 heavy (non-hydrogen) atoms. The normalized spacial score (nSPS) is 16.9. The van der Waals surface area contributed by atoms with E-state index in [1.807, 2.05) is 0 Å². The number of morpholine rings is 1.